The van der Waals surface area contributed by atoms with E-state index in [-0.39, 0.29) is 6.04 Å². The van der Waals surface area contributed by atoms with Crippen LogP contribution in [0.1, 0.15) is 22.9 Å². The summed E-state index contributed by atoms with van der Waals surface area (Å²) < 4.78 is 7.75. The van der Waals surface area contributed by atoms with Crippen molar-refractivity contribution in [2.45, 2.75) is 13.0 Å². The van der Waals surface area contributed by atoms with Gasteiger partial charge in [-0.05, 0) is 34.5 Å². The Kier molecular flexibility index (Phi) is 4.18. The summed E-state index contributed by atoms with van der Waals surface area (Å²) in [7, 11) is 3.46. The Morgan fingerprint density at radius 2 is 2.21 bits per heavy atom. The van der Waals surface area contributed by atoms with E-state index in [1.807, 2.05) is 32.2 Å². The van der Waals surface area contributed by atoms with E-state index >= 15 is 0 Å². The van der Waals surface area contributed by atoms with Crippen LogP contribution >= 0.6 is 15.9 Å². The second kappa shape index (κ2) is 5.68. The molecule has 0 amide bonds. The van der Waals surface area contributed by atoms with Crippen molar-refractivity contribution in [1.82, 2.24) is 20.4 Å². The summed E-state index contributed by atoms with van der Waals surface area (Å²) in [5.74, 6) is 6.47. The van der Waals surface area contributed by atoms with Crippen LogP contribution in [-0.2, 0) is 7.05 Å². The topological polar surface area (TPSA) is 78.0 Å². The minimum absolute atomic E-state index is 0.259. The van der Waals surface area contributed by atoms with Gasteiger partial charge in [-0.2, -0.15) is 0 Å². The lowest BCUT2D eigenvalue weighted by Gasteiger charge is -2.19. The number of nitrogens with two attached hydrogens (primary N) is 1. The highest BCUT2D eigenvalue weighted by Gasteiger charge is 2.23. The molecule has 19 heavy (non-hydrogen) atoms. The molecule has 6 nitrogen and oxygen atoms in total. The summed E-state index contributed by atoms with van der Waals surface area (Å²) in [6.07, 6.45) is 0. The first kappa shape index (κ1) is 14.0. The predicted molar refractivity (Wildman–Crippen MR) is 75.6 cm³/mol. The van der Waals surface area contributed by atoms with Crippen molar-refractivity contribution < 1.29 is 4.74 Å². The van der Waals surface area contributed by atoms with Crippen molar-refractivity contribution in [3.05, 3.63) is 39.6 Å². The number of methoxy groups -OCH3 is 1. The third kappa shape index (κ3) is 2.63. The summed E-state index contributed by atoms with van der Waals surface area (Å²) in [6.45, 7) is 2.01. The predicted octanol–water partition coefficient (Wildman–Crippen LogP) is 1.45. The highest BCUT2D eigenvalue weighted by molar-refractivity contribution is 9.10. The van der Waals surface area contributed by atoms with Crippen molar-refractivity contribution in [2.75, 3.05) is 7.11 Å². The second-order valence-electron chi connectivity index (χ2n) is 4.23. The largest absolute Gasteiger partial charge is 0.496 e. The lowest BCUT2D eigenvalue weighted by molar-refractivity contribution is 0.402. The maximum Gasteiger partial charge on any atom is 0.153 e. The van der Waals surface area contributed by atoms with Gasteiger partial charge in [-0.3, -0.25) is 5.84 Å². The number of benzene rings is 1. The molecule has 0 fully saturated rings. The van der Waals surface area contributed by atoms with E-state index in [0.29, 0.717) is 4.60 Å². The molecule has 1 unspecified atom stereocenters. The van der Waals surface area contributed by atoms with Crippen LogP contribution in [0.2, 0.25) is 0 Å². The van der Waals surface area contributed by atoms with Gasteiger partial charge in [0.25, 0.3) is 0 Å². The molecule has 0 bridgehead atoms. The summed E-state index contributed by atoms with van der Waals surface area (Å²) in [6, 6.07) is 5.71. The molecular formula is C12H16BrN5O. The van der Waals surface area contributed by atoms with E-state index in [2.05, 4.69) is 31.7 Å². The molecule has 2 rings (SSSR count). The number of nitrogens with one attached hydrogen (secondary N) is 1. The SMILES string of the molecule is COc1cc(C)ccc1C(NN)c1c(Br)nnn1C. The molecule has 0 spiro atoms. The van der Waals surface area contributed by atoms with Gasteiger partial charge in [0.15, 0.2) is 4.60 Å². The van der Waals surface area contributed by atoms with Crippen LogP contribution < -0.4 is 16.0 Å². The Hall–Kier alpha value is -1.44. The fourth-order valence-electron chi connectivity index (χ4n) is 2.02. The highest BCUT2D eigenvalue weighted by Crippen LogP contribution is 2.32. The highest BCUT2D eigenvalue weighted by atomic mass is 79.9. The summed E-state index contributed by atoms with van der Waals surface area (Å²) in [4.78, 5) is 0. The Morgan fingerprint density at radius 3 is 2.74 bits per heavy atom. The number of hydrogen-bond donors (Lipinski definition) is 2. The minimum atomic E-state index is -0.259. The van der Waals surface area contributed by atoms with Gasteiger partial charge >= 0.3 is 0 Å². The van der Waals surface area contributed by atoms with Crippen LogP contribution in [0, 0.1) is 6.92 Å². The smallest absolute Gasteiger partial charge is 0.153 e. The zero-order valence-electron chi connectivity index (χ0n) is 11.0. The number of ether oxygens (including phenoxy) is 1. The van der Waals surface area contributed by atoms with E-state index in [4.69, 9.17) is 10.6 Å². The molecule has 1 atom stereocenters. The van der Waals surface area contributed by atoms with Crippen molar-refractivity contribution in [2.24, 2.45) is 12.9 Å². The van der Waals surface area contributed by atoms with Gasteiger partial charge in [-0.15, -0.1) is 5.10 Å². The van der Waals surface area contributed by atoms with Crippen LogP contribution in [0.3, 0.4) is 0 Å². The maximum atomic E-state index is 5.70. The molecule has 1 aromatic heterocycles. The van der Waals surface area contributed by atoms with Crippen LogP contribution in [0.25, 0.3) is 0 Å². The molecule has 0 aliphatic heterocycles. The lowest BCUT2D eigenvalue weighted by Crippen LogP contribution is -2.31. The molecular weight excluding hydrogens is 310 g/mol. The molecule has 3 N–H and O–H groups in total. The Morgan fingerprint density at radius 1 is 1.47 bits per heavy atom. The quantitative estimate of drug-likeness (QED) is 0.657. The van der Waals surface area contributed by atoms with E-state index in [0.717, 1.165) is 22.6 Å². The zero-order chi connectivity index (χ0) is 14.0. The fraction of sp³-hybridized carbons (Fsp3) is 0.333. The molecule has 0 radical (unpaired) electrons. The number of rotatable bonds is 4. The van der Waals surface area contributed by atoms with Gasteiger partial charge in [-0.25, -0.2) is 10.1 Å². The number of aromatic nitrogens is 3. The first-order valence-corrected chi connectivity index (χ1v) is 6.53. The average Bonchev–Trinajstić information content (AvgIpc) is 2.73. The maximum absolute atomic E-state index is 5.70. The number of halogens is 1. The normalized spacial score (nSPS) is 12.5. The van der Waals surface area contributed by atoms with Gasteiger partial charge in [0.2, 0.25) is 0 Å². The molecule has 0 saturated heterocycles. The Labute approximate surface area is 120 Å². The molecule has 1 heterocycles. The van der Waals surface area contributed by atoms with Gasteiger partial charge < -0.3 is 4.74 Å². The second-order valence-corrected chi connectivity index (χ2v) is 4.99. The number of hydrazine groups is 1. The Balaban J connectivity index is 2.54. The summed E-state index contributed by atoms with van der Waals surface area (Å²) in [5.41, 5.74) is 5.68. The van der Waals surface area contributed by atoms with Crippen molar-refractivity contribution in [1.29, 1.82) is 0 Å². The Bertz CT molecular complexity index is 564. The van der Waals surface area contributed by atoms with E-state index in [9.17, 15) is 0 Å². The number of hydrogen-bond acceptors (Lipinski definition) is 5. The van der Waals surface area contributed by atoms with Crippen LogP contribution in [0.5, 0.6) is 5.75 Å². The average molecular weight is 326 g/mol. The first-order valence-electron chi connectivity index (χ1n) is 5.74. The van der Waals surface area contributed by atoms with Crippen LogP contribution in [0.15, 0.2) is 22.8 Å². The van der Waals surface area contributed by atoms with E-state index in [1.165, 1.54) is 0 Å². The summed E-state index contributed by atoms with van der Waals surface area (Å²) >= 11 is 3.39. The van der Waals surface area contributed by atoms with Crippen LogP contribution in [0.4, 0.5) is 0 Å². The minimum Gasteiger partial charge on any atom is -0.496 e. The standard InChI is InChI=1S/C12H16BrN5O/c1-7-4-5-8(9(6-7)19-3)10(15-14)11-12(13)16-17-18(11)2/h4-6,10,15H,14H2,1-3H3. The lowest BCUT2D eigenvalue weighted by atomic mass is 10.0. The van der Waals surface area contributed by atoms with Crippen molar-refractivity contribution >= 4 is 15.9 Å². The molecule has 0 aliphatic rings. The third-order valence-corrected chi connectivity index (χ3v) is 3.53. The zero-order valence-corrected chi connectivity index (χ0v) is 12.6. The van der Waals surface area contributed by atoms with E-state index in [1.54, 1.807) is 11.8 Å². The number of nitrogens with zero attached hydrogens (tertiary/aromatic N) is 3. The van der Waals surface area contributed by atoms with Crippen molar-refractivity contribution in [3.8, 4) is 5.75 Å². The van der Waals surface area contributed by atoms with Gasteiger partial charge in [0.05, 0.1) is 18.8 Å². The van der Waals surface area contributed by atoms with E-state index < -0.39 is 0 Å². The van der Waals surface area contributed by atoms with Crippen molar-refractivity contribution in [3.63, 3.8) is 0 Å². The molecule has 1 aromatic carbocycles. The molecule has 0 aliphatic carbocycles. The van der Waals surface area contributed by atoms with Crippen LogP contribution in [-0.4, -0.2) is 22.1 Å². The van der Waals surface area contributed by atoms with Gasteiger partial charge in [0.1, 0.15) is 5.75 Å². The third-order valence-electron chi connectivity index (χ3n) is 2.97. The van der Waals surface area contributed by atoms with Gasteiger partial charge in [0, 0.05) is 12.6 Å². The van der Waals surface area contributed by atoms with Gasteiger partial charge in [-0.1, -0.05) is 17.3 Å². The first-order chi connectivity index (χ1) is 9.08. The molecule has 2 aromatic rings. The molecule has 0 saturated carbocycles. The monoisotopic (exact) mass is 325 g/mol. The number of aryl methyl sites for hydroxylation is 2. The molecule has 102 valence electrons. The fourth-order valence-corrected chi connectivity index (χ4v) is 2.57. The molecule has 7 heteroatoms. The summed E-state index contributed by atoms with van der Waals surface area (Å²) in [5, 5.41) is 7.94.